The second-order valence-electron chi connectivity index (χ2n) is 5.12. The maximum Gasteiger partial charge on any atom is 0.416 e. The predicted molar refractivity (Wildman–Crippen MR) is 89.2 cm³/mol. The van der Waals surface area contributed by atoms with Crippen molar-refractivity contribution in [2.45, 2.75) is 6.18 Å². The molecule has 1 amide bonds. The maximum atomic E-state index is 13.0. The molecular formula is C17H14F3NO3S. The van der Waals surface area contributed by atoms with Gasteiger partial charge in [0, 0.05) is 6.08 Å². The first kappa shape index (κ1) is 18.7. The molecule has 2 aromatic rings. The van der Waals surface area contributed by atoms with E-state index in [-0.39, 0.29) is 11.3 Å². The fourth-order valence-corrected chi connectivity index (χ4v) is 3.07. The molecule has 0 aliphatic carbocycles. The smallest absolute Gasteiger partial charge is 0.268 e. The first-order valence-corrected chi connectivity index (χ1v) is 8.89. The Morgan fingerprint density at radius 1 is 1.00 bits per heavy atom. The van der Waals surface area contributed by atoms with Crippen molar-refractivity contribution in [3.63, 3.8) is 0 Å². The zero-order valence-electron chi connectivity index (χ0n) is 13.1. The SMILES string of the molecule is CS(=O)(=O)N(C(=O)/C=C/c1ccccc1C(F)(F)F)c1ccccc1. The number of sulfonamides is 1. The third-order valence-electron chi connectivity index (χ3n) is 3.19. The monoisotopic (exact) mass is 369 g/mol. The van der Waals surface area contributed by atoms with Crippen LogP contribution < -0.4 is 4.31 Å². The Hall–Kier alpha value is -2.61. The van der Waals surface area contributed by atoms with E-state index in [0.29, 0.717) is 4.31 Å². The minimum atomic E-state index is -4.58. The van der Waals surface area contributed by atoms with E-state index in [4.69, 9.17) is 0 Å². The highest BCUT2D eigenvalue weighted by Crippen LogP contribution is 2.32. The molecule has 0 heterocycles. The van der Waals surface area contributed by atoms with E-state index >= 15 is 0 Å². The summed E-state index contributed by atoms with van der Waals surface area (Å²) >= 11 is 0. The standard InChI is InChI=1S/C17H14F3NO3S/c1-25(23,24)21(14-8-3-2-4-9-14)16(22)12-11-13-7-5-6-10-15(13)17(18,19)20/h2-12H,1H3/b12-11+. The first-order chi connectivity index (χ1) is 11.6. The van der Waals surface area contributed by atoms with Crippen LogP contribution in [0.5, 0.6) is 0 Å². The van der Waals surface area contributed by atoms with Crippen molar-refractivity contribution in [1.82, 2.24) is 0 Å². The van der Waals surface area contributed by atoms with Crippen molar-refractivity contribution in [2.24, 2.45) is 0 Å². The van der Waals surface area contributed by atoms with Crippen LogP contribution in [0.4, 0.5) is 18.9 Å². The lowest BCUT2D eigenvalue weighted by molar-refractivity contribution is -0.137. The molecule has 0 fully saturated rings. The Bertz CT molecular complexity index is 891. The van der Waals surface area contributed by atoms with Gasteiger partial charge in [0.25, 0.3) is 5.91 Å². The molecule has 2 rings (SSSR count). The van der Waals surface area contributed by atoms with Crippen molar-refractivity contribution < 1.29 is 26.4 Å². The third kappa shape index (κ3) is 4.69. The summed E-state index contributed by atoms with van der Waals surface area (Å²) in [5.74, 6) is -0.967. The van der Waals surface area contributed by atoms with E-state index < -0.39 is 27.7 Å². The Balaban J connectivity index is 2.39. The molecule has 0 atom stereocenters. The van der Waals surface area contributed by atoms with E-state index in [0.717, 1.165) is 24.5 Å². The summed E-state index contributed by atoms with van der Waals surface area (Å²) in [5, 5.41) is 0. The molecule has 0 aromatic heterocycles. The van der Waals surface area contributed by atoms with Crippen molar-refractivity contribution in [1.29, 1.82) is 0 Å². The molecule has 132 valence electrons. The van der Waals surface area contributed by atoms with Gasteiger partial charge in [0.15, 0.2) is 0 Å². The van der Waals surface area contributed by atoms with Gasteiger partial charge in [0.2, 0.25) is 10.0 Å². The number of halogens is 3. The van der Waals surface area contributed by atoms with Crippen molar-refractivity contribution >= 4 is 27.7 Å². The van der Waals surface area contributed by atoms with Gasteiger partial charge in [0.1, 0.15) is 0 Å². The van der Waals surface area contributed by atoms with Crippen LogP contribution in [-0.2, 0) is 21.0 Å². The van der Waals surface area contributed by atoms with Gasteiger partial charge in [-0.25, -0.2) is 12.7 Å². The molecule has 0 bridgehead atoms. The van der Waals surface area contributed by atoms with Gasteiger partial charge in [-0.3, -0.25) is 4.79 Å². The Morgan fingerprint density at radius 2 is 1.56 bits per heavy atom. The summed E-state index contributed by atoms with van der Waals surface area (Å²) in [6, 6.07) is 12.3. The van der Waals surface area contributed by atoms with E-state index in [1.807, 2.05) is 0 Å². The summed E-state index contributed by atoms with van der Waals surface area (Å²) in [5.41, 5.74) is -1.04. The van der Waals surface area contributed by atoms with Gasteiger partial charge < -0.3 is 0 Å². The second kappa shape index (κ2) is 7.10. The number of carbonyl (C=O) groups excluding carboxylic acids is 1. The van der Waals surface area contributed by atoms with Crippen molar-refractivity contribution in [3.05, 3.63) is 71.8 Å². The summed E-state index contributed by atoms with van der Waals surface area (Å²) in [6.07, 6.45) is -1.99. The zero-order chi connectivity index (χ0) is 18.7. The Morgan fingerprint density at radius 3 is 2.12 bits per heavy atom. The van der Waals surface area contributed by atoms with Crippen LogP contribution in [0.15, 0.2) is 60.7 Å². The van der Waals surface area contributed by atoms with Crippen LogP contribution >= 0.6 is 0 Å². The largest absolute Gasteiger partial charge is 0.416 e. The topological polar surface area (TPSA) is 54.5 Å². The Kier molecular flexibility index (Phi) is 5.32. The molecule has 25 heavy (non-hydrogen) atoms. The van der Waals surface area contributed by atoms with Gasteiger partial charge in [-0.15, -0.1) is 0 Å². The lowest BCUT2D eigenvalue weighted by Gasteiger charge is -2.18. The fourth-order valence-electron chi connectivity index (χ4n) is 2.17. The lowest BCUT2D eigenvalue weighted by Crippen LogP contribution is -2.34. The minimum absolute atomic E-state index is 0.101. The third-order valence-corrected chi connectivity index (χ3v) is 4.25. The number of carbonyl (C=O) groups is 1. The molecule has 2 aromatic carbocycles. The van der Waals surface area contributed by atoms with Gasteiger partial charge in [-0.05, 0) is 29.8 Å². The summed E-state index contributed by atoms with van der Waals surface area (Å²) in [4.78, 5) is 12.3. The molecule has 0 saturated carbocycles. The number of hydrogen-bond donors (Lipinski definition) is 0. The van der Waals surface area contributed by atoms with E-state index in [2.05, 4.69) is 0 Å². The molecule has 0 saturated heterocycles. The van der Waals surface area contributed by atoms with Gasteiger partial charge in [-0.2, -0.15) is 13.2 Å². The van der Waals surface area contributed by atoms with Crippen LogP contribution in [-0.4, -0.2) is 20.6 Å². The number of nitrogens with zero attached hydrogens (tertiary/aromatic N) is 1. The number of amides is 1. The van der Waals surface area contributed by atoms with E-state index in [1.165, 1.54) is 30.3 Å². The normalized spacial score (nSPS) is 12.3. The summed E-state index contributed by atoms with van der Waals surface area (Å²) < 4.78 is 63.2. The second-order valence-corrected chi connectivity index (χ2v) is 6.95. The fraction of sp³-hybridized carbons (Fsp3) is 0.118. The maximum absolute atomic E-state index is 13.0. The molecule has 0 aliphatic heterocycles. The predicted octanol–water partition coefficient (Wildman–Crippen LogP) is 3.71. The average Bonchev–Trinajstić information content (AvgIpc) is 2.52. The van der Waals surface area contributed by atoms with Crippen LogP contribution in [0.2, 0.25) is 0 Å². The minimum Gasteiger partial charge on any atom is -0.268 e. The van der Waals surface area contributed by atoms with E-state index in [9.17, 15) is 26.4 Å². The zero-order valence-corrected chi connectivity index (χ0v) is 13.9. The number of anilines is 1. The average molecular weight is 369 g/mol. The molecule has 8 heteroatoms. The molecule has 0 unspecified atom stereocenters. The molecule has 0 radical (unpaired) electrons. The number of hydrogen-bond acceptors (Lipinski definition) is 3. The number of alkyl halides is 3. The number of para-hydroxylation sites is 1. The first-order valence-electron chi connectivity index (χ1n) is 7.04. The summed E-state index contributed by atoms with van der Waals surface area (Å²) in [6.45, 7) is 0. The number of rotatable bonds is 4. The number of benzene rings is 2. The quantitative estimate of drug-likeness (QED) is 0.772. The molecule has 0 spiro atoms. The van der Waals surface area contributed by atoms with Crippen LogP contribution in [0.1, 0.15) is 11.1 Å². The van der Waals surface area contributed by atoms with Crippen LogP contribution in [0.25, 0.3) is 6.08 Å². The highest BCUT2D eigenvalue weighted by molar-refractivity contribution is 7.92. The van der Waals surface area contributed by atoms with Gasteiger partial charge in [-0.1, -0.05) is 36.4 Å². The molecular weight excluding hydrogens is 355 g/mol. The lowest BCUT2D eigenvalue weighted by atomic mass is 10.1. The van der Waals surface area contributed by atoms with E-state index in [1.54, 1.807) is 18.2 Å². The van der Waals surface area contributed by atoms with Gasteiger partial charge >= 0.3 is 6.18 Å². The van der Waals surface area contributed by atoms with Crippen molar-refractivity contribution in [3.8, 4) is 0 Å². The van der Waals surface area contributed by atoms with Crippen molar-refractivity contribution in [2.75, 3.05) is 10.6 Å². The highest BCUT2D eigenvalue weighted by atomic mass is 32.2. The highest BCUT2D eigenvalue weighted by Gasteiger charge is 2.32. The molecule has 0 N–H and O–H groups in total. The molecule has 0 aliphatic rings. The van der Waals surface area contributed by atoms with Gasteiger partial charge in [0.05, 0.1) is 17.5 Å². The summed E-state index contributed by atoms with van der Waals surface area (Å²) in [7, 11) is -3.95. The van der Waals surface area contributed by atoms with Crippen LogP contribution in [0, 0.1) is 0 Å². The van der Waals surface area contributed by atoms with Crippen LogP contribution in [0.3, 0.4) is 0 Å². The Labute approximate surface area is 143 Å². The molecule has 4 nitrogen and oxygen atoms in total.